The van der Waals surface area contributed by atoms with Crippen LogP contribution < -0.4 is 10.1 Å². The van der Waals surface area contributed by atoms with Crippen LogP contribution in [0.4, 0.5) is 0 Å². The second-order valence-electron chi connectivity index (χ2n) is 5.56. The van der Waals surface area contributed by atoms with Crippen molar-refractivity contribution in [2.75, 3.05) is 6.54 Å². The Kier molecular flexibility index (Phi) is 8.06. The van der Waals surface area contributed by atoms with Crippen molar-refractivity contribution in [3.63, 3.8) is 0 Å². The summed E-state index contributed by atoms with van der Waals surface area (Å²) in [6, 6.07) is 8.82. The van der Waals surface area contributed by atoms with E-state index in [2.05, 4.69) is 25.2 Å². The molecule has 0 aliphatic rings. The molecule has 0 aliphatic heterocycles. The molecule has 0 radical (unpaired) electrons. The van der Waals surface area contributed by atoms with Crippen LogP contribution in [0.15, 0.2) is 24.3 Å². The Labute approximate surface area is 133 Å². The molecule has 1 N–H and O–H groups in total. The van der Waals surface area contributed by atoms with Crippen molar-refractivity contribution in [1.29, 1.82) is 5.26 Å². The minimum atomic E-state index is -0.545. The normalized spacial score (nSPS) is 13.0. The maximum atomic E-state index is 12.1. The Morgan fingerprint density at radius 3 is 2.55 bits per heavy atom. The molecule has 1 aromatic carbocycles. The molecular formula is C18H26N2O2. The average Bonchev–Trinajstić information content (AvgIpc) is 2.55. The third kappa shape index (κ3) is 6.17. The molecule has 22 heavy (non-hydrogen) atoms. The maximum Gasteiger partial charge on any atom is 0.260 e. The first kappa shape index (κ1) is 18.0. The number of benzene rings is 1. The molecule has 2 atom stereocenters. The van der Waals surface area contributed by atoms with E-state index in [4.69, 9.17) is 10.00 Å². The number of ether oxygens (including phenoxy) is 1. The molecule has 0 bridgehead atoms. The van der Waals surface area contributed by atoms with Crippen LogP contribution >= 0.6 is 0 Å². The first-order valence-electron chi connectivity index (χ1n) is 8.05. The van der Waals surface area contributed by atoms with E-state index in [1.165, 1.54) is 12.8 Å². The van der Waals surface area contributed by atoms with Gasteiger partial charge in [0.25, 0.3) is 5.91 Å². The van der Waals surface area contributed by atoms with E-state index in [0.717, 1.165) is 12.8 Å². The van der Waals surface area contributed by atoms with Crippen molar-refractivity contribution < 1.29 is 9.53 Å². The summed E-state index contributed by atoms with van der Waals surface area (Å²) in [6.07, 6.45) is 4.06. The van der Waals surface area contributed by atoms with Crippen molar-refractivity contribution >= 4 is 5.91 Å². The third-order valence-corrected chi connectivity index (χ3v) is 3.77. The molecule has 0 aliphatic carbocycles. The summed E-state index contributed by atoms with van der Waals surface area (Å²) >= 11 is 0. The summed E-state index contributed by atoms with van der Waals surface area (Å²) in [5.74, 6) is 1.03. The smallest absolute Gasteiger partial charge is 0.260 e. The van der Waals surface area contributed by atoms with Crippen molar-refractivity contribution in [2.24, 2.45) is 5.92 Å². The predicted molar refractivity (Wildman–Crippen MR) is 87.6 cm³/mol. The topological polar surface area (TPSA) is 62.1 Å². The minimum Gasteiger partial charge on any atom is -0.481 e. The molecule has 2 unspecified atom stereocenters. The largest absolute Gasteiger partial charge is 0.481 e. The van der Waals surface area contributed by atoms with E-state index >= 15 is 0 Å². The van der Waals surface area contributed by atoms with Gasteiger partial charge < -0.3 is 10.1 Å². The van der Waals surface area contributed by atoms with Crippen molar-refractivity contribution in [1.82, 2.24) is 5.32 Å². The standard InChI is InChI=1S/C18H26N2O2/c1-4-6-7-15(5-2)13-20-18(21)14(3)22-17-10-8-16(12-19)9-11-17/h8-11,14-15H,4-7,13H2,1-3H3,(H,20,21). The number of carbonyl (C=O) groups excluding carboxylic acids is 1. The molecule has 0 spiro atoms. The van der Waals surface area contributed by atoms with E-state index in [1.807, 2.05) is 0 Å². The van der Waals surface area contributed by atoms with Gasteiger partial charge in [-0.25, -0.2) is 0 Å². The Morgan fingerprint density at radius 2 is 2.00 bits per heavy atom. The highest BCUT2D eigenvalue weighted by atomic mass is 16.5. The molecule has 1 rings (SSSR count). The molecule has 1 aromatic rings. The van der Waals surface area contributed by atoms with Gasteiger partial charge in [-0.1, -0.05) is 33.1 Å². The van der Waals surface area contributed by atoms with Gasteiger partial charge in [-0.3, -0.25) is 4.79 Å². The Hall–Kier alpha value is -2.02. The summed E-state index contributed by atoms with van der Waals surface area (Å²) in [7, 11) is 0. The quantitative estimate of drug-likeness (QED) is 0.757. The summed E-state index contributed by atoms with van der Waals surface area (Å²) in [6.45, 7) is 6.78. The van der Waals surface area contributed by atoms with Crippen molar-refractivity contribution in [3.8, 4) is 11.8 Å². The fraction of sp³-hybridized carbons (Fsp3) is 0.556. The zero-order chi connectivity index (χ0) is 16.4. The van der Waals surface area contributed by atoms with Crippen LogP contribution in [0.1, 0.15) is 52.0 Å². The average molecular weight is 302 g/mol. The monoisotopic (exact) mass is 302 g/mol. The van der Waals surface area contributed by atoms with Crippen LogP contribution in [0.3, 0.4) is 0 Å². The molecule has 0 fully saturated rings. The van der Waals surface area contributed by atoms with Gasteiger partial charge in [0.2, 0.25) is 0 Å². The van der Waals surface area contributed by atoms with Crippen LogP contribution in [0.5, 0.6) is 5.75 Å². The fourth-order valence-electron chi connectivity index (χ4n) is 2.20. The van der Waals surface area contributed by atoms with Crippen molar-refractivity contribution in [2.45, 2.75) is 52.6 Å². The highest BCUT2D eigenvalue weighted by Crippen LogP contribution is 2.14. The van der Waals surface area contributed by atoms with Gasteiger partial charge in [-0.15, -0.1) is 0 Å². The van der Waals surface area contributed by atoms with Gasteiger partial charge in [0.15, 0.2) is 6.10 Å². The number of hydrogen-bond acceptors (Lipinski definition) is 3. The van der Waals surface area contributed by atoms with E-state index in [-0.39, 0.29) is 5.91 Å². The van der Waals surface area contributed by atoms with E-state index in [9.17, 15) is 4.79 Å². The molecule has 120 valence electrons. The summed E-state index contributed by atoms with van der Waals surface area (Å²) in [5, 5.41) is 11.7. The van der Waals surface area contributed by atoms with Crippen molar-refractivity contribution in [3.05, 3.63) is 29.8 Å². The van der Waals surface area contributed by atoms with Crippen LogP contribution in [-0.4, -0.2) is 18.6 Å². The van der Waals surface area contributed by atoms with Crippen LogP contribution in [0, 0.1) is 17.2 Å². The van der Waals surface area contributed by atoms with Crippen LogP contribution in [0.2, 0.25) is 0 Å². The highest BCUT2D eigenvalue weighted by Gasteiger charge is 2.16. The van der Waals surface area contributed by atoms with Gasteiger partial charge >= 0.3 is 0 Å². The lowest BCUT2D eigenvalue weighted by molar-refractivity contribution is -0.127. The van der Waals surface area contributed by atoms with E-state index < -0.39 is 6.10 Å². The fourth-order valence-corrected chi connectivity index (χ4v) is 2.20. The SMILES string of the molecule is CCCCC(CC)CNC(=O)C(C)Oc1ccc(C#N)cc1. The second-order valence-corrected chi connectivity index (χ2v) is 5.56. The van der Waals surface area contributed by atoms with Crippen LogP contribution in [-0.2, 0) is 4.79 Å². The Morgan fingerprint density at radius 1 is 1.32 bits per heavy atom. The first-order valence-corrected chi connectivity index (χ1v) is 8.05. The van der Waals surface area contributed by atoms with E-state index in [0.29, 0.717) is 23.8 Å². The molecule has 0 aromatic heterocycles. The molecule has 4 heteroatoms. The van der Waals surface area contributed by atoms with Gasteiger partial charge in [0.05, 0.1) is 11.6 Å². The summed E-state index contributed by atoms with van der Waals surface area (Å²) in [5.41, 5.74) is 0.575. The number of nitriles is 1. The molecule has 1 amide bonds. The van der Waals surface area contributed by atoms with Gasteiger partial charge in [-0.05, 0) is 43.5 Å². The maximum absolute atomic E-state index is 12.1. The molecule has 0 heterocycles. The third-order valence-electron chi connectivity index (χ3n) is 3.77. The number of amides is 1. The molecule has 4 nitrogen and oxygen atoms in total. The number of nitrogens with zero attached hydrogens (tertiary/aromatic N) is 1. The highest BCUT2D eigenvalue weighted by molar-refractivity contribution is 5.80. The lowest BCUT2D eigenvalue weighted by Gasteiger charge is -2.18. The number of nitrogens with one attached hydrogen (secondary N) is 1. The predicted octanol–water partition coefficient (Wildman–Crippen LogP) is 3.66. The van der Waals surface area contributed by atoms with Crippen LogP contribution in [0.25, 0.3) is 0 Å². The summed E-state index contributed by atoms with van der Waals surface area (Å²) < 4.78 is 5.60. The number of hydrogen-bond donors (Lipinski definition) is 1. The number of unbranched alkanes of at least 4 members (excludes halogenated alkanes) is 1. The lowest BCUT2D eigenvalue weighted by atomic mass is 9.99. The Balaban J connectivity index is 2.42. The zero-order valence-corrected chi connectivity index (χ0v) is 13.8. The van der Waals surface area contributed by atoms with Gasteiger partial charge in [-0.2, -0.15) is 5.26 Å². The Bertz CT molecular complexity index is 491. The first-order chi connectivity index (χ1) is 10.6. The number of rotatable bonds is 9. The molecular weight excluding hydrogens is 276 g/mol. The minimum absolute atomic E-state index is 0.0979. The lowest BCUT2D eigenvalue weighted by Crippen LogP contribution is -2.38. The van der Waals surface area contributed by atoms with E-state index in [1.54, 1.807) is 31.2 Å². The second kappa shape index (κ2) is 9.83. The van der Waals surface area contributed by atoms with Gasteiger partial charge in [0.1, 0.15) is 5.75 Å². The molecule has 0 saturated carbocycles. The summed E-state index contributed by atoms with van der Waals surface area (Å²) in [4.78, 5) is 12.1. The molecule has 0 saturated heterocycles. The zero-order valence-electron chi connectivity index (χ0n) is 13.8. The number of carbonyl (C=O) groups is 1. The van der Waals surface area contributed by atoms with Gasteiger partial charge in [0, 0.05) is 6.54 Å².